The van der Waals surface area contributed by atoms with Crippen LogP contribution in [0.4, 0.5) is 5.82 Å². The molecule has 84 valence electrons. The Kier molecular flexibility index (Phi) is 4.49. The number of nitrogens with one attached hydrogen (secondary N) is 2. The summed E-state index contributed by atoms with van der Waals surface area (Å²) in [4.78, 5) is 8.74. The first kappa shape index (κ1) is 11.9. The van der Waals surface area contributed by atoms with Crippen molar-refractivity contribution in [3.05, 3.63) is 17.6 Å². The van der Waals surface area contributed by atoms with Crippen molar-refractivity contribution >= 4 is 5.82 Å². The van der Waals surface area contributed by atoms with Crippen LogP contribution in [-0.2, 0) is 6.42 Å². The van der Waals surface area contributed by atoms with Crippen molar-refractivity contribution in [2.75, 3.05) is 18.9 Å². The monoisotopic (exact) mass is 208 g/mol. The Hall–Kier alpha value is -1.16. The fourth-order valence-electron chi connectivity index (χ4n) is 1.24. The van der Waals surface area contributed by atoms with Crippen LogP contribution >= 0.6 is 0 Å². The van der Waals surface area contributed by atoms with Gasteiger partial charge in [-0.15, -0.1) is 0 Å². The fourth-order valence-corrected chi connectivity index (χ4v) is 1.24. The van der Waals surface area contributed by atoms with Crippen LogP contribution < -0.4 is 10.6 Å². The van der Waals surface area contributed by atoms with Crippen LogP contribution in [0.25, 0.3) is 0 Å². The van der Waals surface area contributed by atoms with Crippen molar-refractivity contribution in [3.8, 4) is 0 Å². The zero-order valence-electron chi connectivity index (χ0n) is 9.96. The molecule has 0 saturated carbocycles. The number of rotatable bonds is 5. The molecule has 15 heavy (non-hydrogen) atoms. The summed E-state index contributed by atoms with van der Waals surface area (Å²) in [6.45, 7) is 7.06. The molecule has 1 atom stereocenters. The van der Waals surface area contributed by atoms with Crippen LogP contribution in [0.15, 0.2) is 6.07 Å². The molecule has 1 unspecified atom stereocenters. The maximum Gasteiger partial charge on any atom is 0.130 e. The highest BCUT2D eigenvalue weighted by molar-refractivity contribution is 5.35. The predicted molar refractivity (Wildman–Crippen MR) is 63.2 cm³/mol. The summed E-state index contributed by atoms with van der Waals surface area (Å²) in [5.41, 5.74) is 1.02. The second kappa shape index (κ2) is 5.66. The minimum Gasteiger partial charge on any atom is -0.368 e. The Morgan fingerprint density at radius 1 is 1.40 bits per heavy atom. The molecule has 1 aromatic heterocycles. The molecule has 0 amide bonds. The Bertz CT molecular complexity index is 311. The first-order valence-corrected chi connectivity index (χ1v) is 5.41. The molecule has 0 aliphatic rings. The zero-order chi connectivity index (χ0) is 11.3. The van der Waals surface area contributed by atoms with E-state index in [1.54, 1.807) is 0 Å². The molecule has 0 aromatic carbocycles. The zero-order valence-corrected chi connectivity index (χ0v) is 9.96. The standard InChI is InChI=1S/C11H20N4/c1-5-10-14-8(2)6-11(15-10)13-7-9(3)12-4/h6,9,12H,5,7H2,1-4H3,(H,13,14,15). The highest BCUT2D eigenvalue weighted by atomic mass is 15.0. The summed E-state index contributed by atoms with van der Waals surface area (Å²) in [7, 11) is 1.95. The molecule has 0 spiro atoms. The van der Waals surface area contributed by atoms with Gasteiger partial charge in [0.05, 0.1) is 0 Å². The molecule has 1 aromatic rings. The lowest BCUT2D eigenvalue weighted by Gasteiger charge is -2.12. The van der Waals surface area contributed by atoms with Gasteiger partial charge in [-0.3, -0.25) is 0 Å². The van der Waals surface area contributed by atoms with Gasteiger partial charge in [-0.25, -0.2) is 9.97 Å². The van der Waals surface area contributed by atoms with Crippen LogP contribution in [0, 0.1) is 6.92 Å². The highest BCUT2D eigenvalue weighted by Crippen LogP contribution is 2.06. The second-order valence-electron chi connectivity index (χ2n) is 3.73. The van der Waals surface area contributed by atoms with Crippen molar-refractivity contribution in [1.29, 1.82) is 0 Å². The molecule has 0 fully saturated rings. The molecule has 0 saturated heterocycles. The topological polar surface area (TPSA) is 49.8 Å². The fraction of sp³-hybridized carbons (Fsp3) is 0.636. The van der Waals surface area contributed by atoms with E-state index in [-0.39, 0.29) is 0 Å². The number of anilines is 1. The quantitative estimate of drug-likeness (QED) is 0.767. The second-order valence-corrected chi connectivity index (χ2v) is 3.73. The van der Waals surface area contributed by atoms with Gasteiger partial charge in [0.15, 0.2) is 0 Å². The van der Waals surface area contributed by atoms with Gasteiger partial charge >= 0.3 is 0 Å². The molecule has 1 rings (SSSR count). The van der Waals surface area contributed by atoms with E-state index in [0.29, 0.717) is 6.04 Å². The van der Waals surface area contributed by atoms with Crippen LogP contribution in [0.5, 0.6) is 0 Å². The Balaban J connectivity index is 2.64. The normalized spacial score (nSPS) is 12.5. The summed E-state index contributed by atoms with van der Waals surface area (Å²) in [5.74, 6) is 1.82. The van der Waals surface area contributed by atoms with Crippen LogP contribution in [0.3, 0.4) is 0 Å². The molecule has 0 aliphatic heterocycles. The van der Waals surface area contributed by atoms with Gasteiger partial charge in [-0.2, -0.15) is 0 Å². The average molecular weight is 208 g/mol. The molecular formula is C11H20N4. The lowest BCUT2D eigenvalue weighted by molar-refractivity contribution is 0.636. The number of aromatic nitrogens is 2. The van der Waals surface area contributed by atoms with Gasteiger partial charge in [-0.05, 0) is 20.9 Å². The Morgan fingerprint density at radius 3 is 2.73 bits per heavy atom. The van der Waals surface area contributed by atoms with Gasteiger partial charge in [0.2, 0.25) is 0 Å². The lowest BCUT2D eigenvalue weighted by atomic mass is 10.3. The van der Waals surface area contributed by atoms with E-state index in [4.69, 9.17) is 0 Å². The van der Waals surface area contributed by atoms with Crippen molar-refractivity contribution in [3.63, 3.8) is 0 Å². The van der Waals surface area contributed by atoms with Gasteiger partial charge in [-0.1, -0.05) is 6.92 Å². The van der Waals surface area contributed by atoms with Crippen LogP contribution in [0.1, 0.15) is 25.4 Å². The first-order valence-electron chi connectivity index (χ1n) is 5.41. The summed E-state index contributed by atoms with van der Waals surface area (Å²) in [5, 5.41) is 6.47. The Morgan fingerprint density at radius 2 is 2.13 bits per heavy atom. The molecular weight excluding hydrogens is 188 g/mol. The number of aryl methyl sites for hydroxylation is 2. The molecule has 4 nitrogen and oxygen atoms in total. The van der Waals surface area contributed by atoms with Crippen molar-refractivity contribution in [1.82, 2.24) is 15.3 Å². The third-order valence-corrected chi connectivity index (χ3v) is 2.30. The SMILES string of the molecule is CCc1nc(C)cc(NCC(C)NC)n1. The van der Waals surface area contributed by atoms with Gasteiger partial charge in [0.25, 0.3) is 0 Å². The minimum absolute atomic E-state index is 0.436. The summed E-state index contributed by atoms with van der Waals surface area (Å²) in [6.07, 6.45) is 0.873. The van der Waals surface area contributed by atoms with Crippen molar-refractivity contribution < 1.29 is 0 Å². The summed E-state index contributed by atoms with van der Waals surface area (Å²) in [6, 6.07) is 2.41. The maximum atomic E-state index is 4.41. The number of hydrogen-bond acceptors (Lipinski definition) is 4. The summed E-state index contributed by atoms with van der Waals surface area (Å²) >= 11 is 0. The van der Waals surface area contributed by atoms with Crippen molar-refractivity contribution in [2.45, 2.75) is 33.2 Å². The maximum absolute atomic E-state index is 4.41. The van der Waals surface area contributed by atoms with E-state index < -0.39 is 0 Å². The minimum atomic E-state index is 0.436. The third-order valence-electron chi connectivity index (χ3n) is 2.30. The average Bonchev–Trinajstić information content (AvgIpc) is 2.25. The van der Waals surface area contributed by atoms with E-state index in [0.717, 1.165) is 30.3 Å². The van der Waals surface area contributed by atoms with E-state index in [1.165, 1.54) is 0 Å². The molecule has 2 N–H and O–H groups in total. The van der Waals surface area contributed by atoms with Crippen LogP contribution in [0.2, 0.25) is 0 Å². The Labute approximate surface area is 91.5 Å². The van der Waals surface area contributed by atoms with Crippen molar-refractivity contribution in [2.24, 2.45) is 0 Å². The predicted octanol–water partition coefficient (Wildman–Crippen LogP) is 1.37. The lowest BCUT2D eigenvalue weighted by Crippen LogP contribution is -2.29. The highest BCUT2D eigenvalue weighted by Gasteiger charge is 2.02. The molecule has 1 heterocycles. The smallest absolute Gasteiger partial charge is 0.130 e. The van der Waals surface area contributed by atoms with E-state index in [9.17, 15) is 0 Å². The van der Waals surface area contributed by atoms with Gasteiger partial charge < -0.3 is 10.6 Å². The first-order chi connectivity index (χ1) is 7.15. The molecule has 4 heteroatoms. The molecule has 0 aliphatic carbocycles. The molecule has 0 bridgehead atoms. The van der Waals surface area contributed by atoms with E-state index in [1.807, 2.05) is 20.0 Å². The van der Waals surface area contributed by atoms with Crippen LogP contribution in [-0.4, -0.2) is 29.6 Å². The number of likely N-dealkylation sites (N-methyl/N-ethyl adjacent to an activating group) is 1. The van der Waals surface area contributed by atoms with Gasteiger partial charge in [0.1, 0.15) is 11.6 Å². The van der Waals surface area contributed by atoms with E-state index >= 15 is 0 Å². The largest absolute Gasteiger partial charge is 0.368 e. The number of hydrogen-bond donors (Lipinski definition) is 2. The summed E-state index contributed by atoms with van der Waals surface area (Å²) < 4.78 is 0. The number of nitrogens with zero attached hydrogens (tertiary/aromatic N) is 2. The van der Waals surface area contributed by atoms with E-state index in [2.05, 4.69) is 34.4 Å². The third kappa shape index (κ3) is 3.83. The van der Waals surface area contributed by atoms with Gasteiger partial charge in [0, 0.05) is 30.8 Å². The molecule has 0 radical (unpaired) electrons.